The topological polar surface area (TPSA) is 98.8 Å². The summed E-state index contributed by atoms with van der Waals surface area (Å²) < 4.78 is 38.1. The molecule has 1 N–H and O–H groups in total. The van der Waals surface area contributed by atoms with E-state index < -0.39 is 28.0 Å². The smallest absolute Gasteiger partial charge is 0.338 e. The van der Waals surface area contributed by atoms with E-state index in [9.17, 15) is 18.0 Å². The zero-order valence-corrected chi connectivity index (χ0v) is 18.2. The molecule has 3 aromatic rings. The van der Waals surface area contributed by atoms with Crippen molar-refractivity contribution < 1.29 is 27.5 Å². The lowest BCUT2D eigenvalue weighted by Gasteiger charge is -2.14. The summed E-state index contributed by atoms with van der Waals surface area (Å²) in [4.78, 5) is 24.4. The normalized spacial score (nSPS) is 12.0. The van der Waals surface area contributed by atoms with Crippen LogP contribution in [0.3, 0.4) is 0 Å². The molecule has 0 aliphatic rings. The number of benzene rings is 3. The Morgan fingerprint density at radius 3 is 1.97 bits per heavy atom. The fraction of sp³-hybridized carbons (Fsp3) is 0.167. The second-order valence-corrected chi connectivity index (χ2v) is 8.74. The average Bonchev–Trinajstić information content (AvgIpc) is 2.82. The minimum Gasteiger partial charge on any atom is -0.460 e. The Morgan fingerprint density at radius 2 is 1.38 bits per heavy atom. The minimum absolute atomic E-state index is 0.0362. The second kappa shape index (κ2) is 10.7. The van der Waals surface area contributed by atoms with Gasteiger partial charge in [0.05, 0.1) is 10.5 Å². The van der Waals surface area contributed by atoms with Crippen molar-refractivity contribution in [2.24, 2.45) is 0 Å². The molecule has 1 atom stereocenters. The van der Waals surface area contributed by atoms with Gasteiger partial charge in [0.15, 0.2) is 0 Å². The van der Waals surface area contributed by atoms with Gasteiger partial charge in [0.2, 0.25) is 10.0 Å². The van der Waals surface area contributed by atoms with Crippen LogP contribution >= 0.6 is 0 Å². The van der Waals surface area contributed by atoms with E-state index in [0.717, 1.165) is 11.1 Å². The van der Waals surface area contributed by atoms with E-state index in [2.05, 4.69) is 4.72 Å². The van der Waals surface area contributed by atoms with Crippen molar-refractivity contribution in [2.75, 3.05) is 0 Å². The Kier molecular flexibility index (Phi) is 7.75. The maximum Gasteiger partial charge on any atom is 0.338 e. The van der Waals surface area contributed by atoms with Gasteiger partial charge < -0.3 is 9.47 Å². The quantitative estimate of drug-likeness (QED) is 0.498. The summed E-state index contributed by atoms with van der Waals surface area (Å²) in [5.74, 6) is -1.36. The molecule has 3 rings (SSSR count). The van der Waals surface area contributed by atoms with Crippen LogP contribution in [0.5, 0.6) is 0 Å². The molecular weight excluding hydrogens is 430 g/mol. The number of hydrogen-bond donors (Lipinski definition) is 1. The molecular formula is C24H23NO6S. The van der Waals surface area contributed by atoms with Crippen molar-refractivity contribution in [1.82, 2.24) is 4.72 Å². The van der Waals surface area contributed by atoms with Crippen LogP contribution < -0.4 is 4.72 Å². The summed E-state index contributed by atoms with van der Waals surface area (Å²) in [7, 11) is -4.07. The van der Waals surface area contributed by atoms with Crippen molar-refractivity contribution in [3.8, 4) is 0 Å². The lowest BCUT2D eigenvalue weighted by molar-refractivity contribution is -0.146. The highest BCUT2D eigenvalue weighted by molar-refractivity contribution is 7.89. The number of ether oxygens (including phenoxy) is 2. The SMILES string of the molecule is C[C@H](NS(=O)(=O)c1cccc(C(=O)OCc2ccccc2)c1)C(=O)OCc1ccccc1. The van der Waals surface area contributed by atoms with Gasteiger partial charge in [-0.3, -0.25) is 4.79 Å². The summed E-state index contributed by atoms with van der Waals surface area (Å²) in [6, 6.07) is 22.5. The summed E-state index contributed by atoms with van der Waals surface area (Å²) in [6.45, 7) is 1.50. The highest BCUT2D eigenvalue weighted by Crippen LogP contribution is 2.14. The van der Waals surface area contributed by atoms with Crippen LogP contribution in [0.2, 0.25) is 0 Å². The van der Waals surface area contributed by atoms with Gasteiger partial charge in [-0.05, 0) is 36.2 Å². The maximum absolute atomic E-state index is 12.7. The van der Waals surface area contributed by atoms with E-state index in [-0.39, 0.29) is 23.7 Å². The standard InChI is InChI=1S/C24H23NO6S/c1-18(23(26)30-16-19-9-4-2-5-10-19)25-32(28,29)22-14-8-13-21(15-22)24(27)31-17-20-11-6-3-7-12-20/h2-15,18,25H,16-17H2,1H3/t18-/m0/s1. The number of carbonyl (C=O) groups is 2. The van der Waals surface area contributed by atoms with E-state index >= 15 is 0 Å². The molecule has 32 heavy (non-hydrogen) atoms. The highest BCUT2D eigenvalue weighted by atomic mass is 32.2. The first kappa shape index (κ1) is 23.2. The molecule has 0 fully saturated rings. The molecule has 0 unspecified atom stereocenters. The Bertz CT molecular complexity index is 1160. The largest absolute Gasteiger partial charge is 0.460 e. The number of nitrogens with one attached hydrogen (secondary N) is 1. The van der Waals surface area contributed by atoms with Crippen molar-refractivity contribution >= 4 is 22.0 Å². The fourth-order valence-corrected chi connectivity index (χ4v) is 4.04. The molecule has 0 spiro atoms. The van der Waals surface area contributed by atoms with Crippen LogP contribution in [0.25, 0.3) is 0 Å². The van der Waals surface area contributed by atoms with Gasteiger partial charge in [0, 0.05) is 0 Å². The second-order valence-electron chi connectivity index (χ2n) is 7.03. The molecule has 0 heterocycles. The molecule has 0 saturated heterocycles. The Hall–Kier alpha value is -3.49. The van der Waals surface area contributed by atoms with Gasteiger partial charge >= 0.3 is 11.9 Å². The van der Waals surface area contributed by atoms with E-state index in [1.807, 2.05) is 48.5 Å². The van der Waals surface area contributed by atoms with Gasteiger partial charge in [0.1, 0.15) is 19.3 Å². The van der Waals surface area contributed by atoms with E-state index in [1.165, 1.54) is 31.2 Å². The zero-order chi connectivity index (χ0) is 23.0. The van der Waals surface area contributed by atoms with E-state index in [0.29, 0.717) is 0 Å². The lowest BCUT2D eigenvalue weighted by Crippen LogP contribution is -2.39. The first-order valence-electron chi connectivity index (χ1n) is 9.89. The highest BCUT2D eigenvalue weighted by Gasteiger charge is 2.24. The van der Waals surface area contributed by atoms with Crippen LogP contribution in [0.1, 0.15) is 28.4 Å². The van der Waals surface area contributed by atoms with Crippen molar-refractivity contribution in [2.45, 2.75) is 31.1 Å². The number of sulfonamides is 1. The van der Waals surface area contributed by atoms with E-state index in [1.54, 1.807) is 12.1 Å². The molecule has 0 radical (unpaired) electrons. The maximum atomic E-state index is 12.7. The van der Waals surface area contributed by atoms with Crippen molar-refractivity contribution in [3.05, 3.63) is 102 Å². The lowest BCUT2D eigenvalue weighted by atomic mass is 10.2. The molecule has 166 valence electrons. The monoisotopic (exact) mass is 453 g/mol. The molecule has 0 amide bonds. The third kappa shape index (κ3) is 6.50. The molecule has 0 bridgehead atoms. The average molecular weight is 454 g/mol. The Morgan fingerprint density at radius 1 is 0.812 bits per heavy atom. The number of hydrogen-bond acceptors (Lipinski definition) is 6. The molecule has 8 heteroatoms. The number of esters is 2. The molecule has 0 aliphatic heterocycles. The first-order chi connectivity index (χ1) is 15.3. The van der Waals surface area contributed by atoms with Crippen LogP contribution in [-0.2, 0) is 37.5 Å². The predicted molar refractivity (Wildman–Crippen MR) is 118 cm³/mol. The van der Waals surface area contributed by atoms with Gasteiger partial charge in [-0.15, -0.1) is 0 Å². The van der Waals surface area contributed by atoms with Gasteiger partial charge in [-0.2, -0.15) is 4.72 Å². The first-order valence-corrected chi connectivity index (χ1v) is 11.4. The molecule has 0 aliphatic carbocycles. The fourth-order valence-electron chi connectivity index (χ4n) is 2.80. The summed E-state index contributed by atoms with van der Waals surface area (Å²) in [5.41, 5.74) is 1.69. The van der Waals surface area contributed by atoms with Crippen LogP contribution in [0.15, 0.2) is 89.8 Å². The molecule has 3 aromatic carbocycles. The van der Waals surface area contributed by atoms with Crippen LogP contribution in [-0.4, -0.2) is 26.4 Å². The third-order valence-corrected chi connectivity index (χ3v) is 6.04. The Labute approximate surface area is 187 Å². The summed E-state index contributed by atoms with van der Waals surface area (Å²) >= 11 is 0. The third-order valence-electron chi connectivity index (χ3n) is 4.50. The summed E-state index contributed by atoms with van der Waals surface area (Å²) in [5, 5.41) is 0. The Balaban J connectivity index is 1.60. The number of rotatable bonds is 9. The number of carbonyl (C=O) groups excluding carboxylic acids is 2. The minimum atomic E-state index is -4.07. The zero-order valence-electron chi connectivity index (χ0n) is 17.4. The molecule has 0 aromatic heterocycles. The van der Waals surface area contributed by atoms with E-state index in [4.69, 9.17) is 9.47 Å². The van der Waals surface area contributed by atoms with Crippen molar-refractivity contribution in [3.63, 3.8) is 0 Å². The van der Waals surface area contributed by atoms with Gasteiger partial charge in [0.25, 0.3) is 0 Å². The summed E-state index contributed by atoms with van der Waals surface area (Å²) in [6.07, 6.45) is 0. The molecule has 7 nitrogen and oxygen atoms in total. The van der Waals surface area contributed by atoms with Gasteiger partial charge in [-0.25, -0.2) is 13.2 Å². The molecule has 0 saturated carbocycles. The van der Waals surface area contributed by atoms with Crippen molar-refractivity contribution in [1.29, 1.82) is 0 Å². The predicted octanol–water partition coefficient (Wildman–Crippen LogP) is 3.45. The van der Waals surface area contributed by atoms with Crippen LogP contribution in [0, 0.1) is 0 Å². The van der Waals surface area contributed by atoms with Gasteiger partial charge in [-0.1, -0.05) is 66.7 Å². The van der Waals surface area contributed by atoms with Crippen LogP contribution in [0.4, 0.5) is 0 Å².